The van der Waals surface area contributed by atoms with Gasteiger partial charge in [-0.3, -0.25) is 0 Å². The largest absolute Gasteiger partial charge is 0.508 e. The lowest BCUT2D eigenvalue weighted by molar-refractivity contribution is 0.341. The van der Waals surface area contributed by atoms with E-state index < -0.39 is 38.9 Å². The van der Waals surface area contributed by atoms with E-state index in [1.165, 1.54) is 24.0 Å². The number of hydrogen-bond donors (Lipinski definition) is 8. The summed E-state index contributed by atoms with van der Waals surface area (Å²) in [5.41, 5.74) is 17.9. The molecule has 0 saturated heterocycles. The number of hydrogen-bond acceptors (Lipinski definition) is 8. The van der Waals surface area contributed by atoms with Gasteiger partial charge in [0.25, 0.3) is 0 Å². The van der Waals surface area contributed by atoms with Gasteiger partial charge in [-0.25, -0.2) is 0 Å². The smallest absolute Gasteiger partial charge is 0.122 e. The topological polar surface area (TPSA) is 162 Å². The fourth-order valence-corrected chi connectivity index (χ4v) is 17.4. The Bertz CT molecular complexity index is 3880. The molecule has 0 spiro atoms. The van der Waals surface area contributed by atoms with Gasteiger partial charge >= 0.3 is 0 Å². The predicted molar refractivity (Wildman–Crippen MR) is 402 cm³/mol. The van der Waals surface area contributed by atoms with Gasteiger partial charge in [-0.15, -0.1) is 0 Å². The second-order valence-electron chi connectivity index (χ2n) is 34.4. The summed E-state index contributed by atoms with van der Waals surface area (Å²) in [4.78, 5) is 0. The van der Waals surface area contributed by atoms with Crippen LogP contribution in [0.4, 0.5) is 0 Å². The molecule has 520 valence electrons. The number of aromatic hydroxyl groups is 8. The van der Waals surface area contributed by atoms with Crippen LogP contribution in [0.5, 0.6) is 46.0 Å². The average molecular weight is 1320 g/mol. The maximum Gasteiger partial charge on any atom is 0.122 e. The highest BCUT2D eigenvalue weighted by Gasteiger charge is 2.40. The zero-order valence-electron chi connectivity index (χ0n) is 61.8. The molecular weight excluding hydrogens is 1210 g/mol. The highest BCUT2D eigenvalue weighted by molar-refractivity contribution is 5.63. The van der Waals surface area contributed by atoms with Crippen LogP contribution in [0.2, 0.25) is 0 Å². The number of phenols is 8. The van der Waals surface area contributed by atoms with Crippen molar-refractivity contribution in [2.45, 2.75) is 271 Å². The van der Waals surface area contributed by atoms with Gasteiger partial charge in [0.2, 0.25) is 0 Å². The molecule has 11 rings (SSSR count). The molecule has 0 amide bonds. The molecule has 0 atom stereocenters. The van der Waals surface area contributed by atoms with E-state index in [-0.39, 0.29) is 46.3 Å². The fourth-order valence-electron chi connectivity index (χ4n) is 17.4. The van der Waals surface area contributed by atoms with Gasteiger partial charge in [0, 0.05) is 41.2 Å². The van der Waals surface area contributed by atoms with Gasteiger partial charge in [0.1, 0.15) is 46.0 Å². The van der Waals surface area contributed by atoms with Crippen LogP contribution >= 0.6 is 0 Å². The van der Waals surface area contributed by atoms with Crippen LogP contribution in [0.1, 0.15) is 325 Å². The van der Waals surface area contributed by atoms with Gasteiger partial charge in [-0.05, 0) is 247 Å². The highest BCUT2D eigenvalue weighted by atomic mass is 16.3. The van der Waals surface area contributed by atoms with Crippen LogP contribution in [0.3, 0.4) is 0 Å². The van der Waals surface area contributed by atoms with Crippen molar-refractivity contribution in [1.82, 2.24) is 0 Å². The van der Waals surface area contributed by atoms with Crippen molar-refractivity contribution in [3.63, 3.8) is 0 Å². The molecule has 8 heteroatoms. The van der Waals surface area contributed by atoms with Crippen molar-refractivity contribution < 1.29 is 40.9 Å². The van der Waals surface area contributed by atoms with Gasteiger partial charge in [-0.1, -0.05) is 214 Å². The number of aryl methyl sites for hydroxylation is 4. The minimum Gasteiger partial charge on any atom is -0.508 e. The highest BCUT2D eigenvalue weighted by Crippen LogP contribution is 2.54. The first-order valence-electron chi connectivity index (χ1n) is 36.8. The summed E-state index contributed by atoms with van der Waals surface area (Å²) in [7, 11) is 0. The van der Waals surface area contributed by atoms with Crippen LogP contribution in [-0.2, 0) is 39.9 Å². The van der Waals surface area contributed by atoms with E-state index in [0.29, 0.717) is 35.5 Å². The Morgan fingerprint density at radius 1 is 0.327 bits per heavy atom. The van der Waals surface area contributed by atoms with Crippen LogP contribution in [0.15, 0.2) is 109 Å². The molecule has 3 fully saturated rings. The van der Waals surface area contributed by atoms with E-state index in [9.17, 15) is 40.9 Å². The molecule has 3 aliphatic carbocycles. The fraction of sp³-hybridized carbons (Fsp3) is 0.467. The third-order valence-electron chi connectivity index (χ3n) is 22.9. The Morgan fingerprint density at radius 2 is 0.612 bits per heavy atom. The van der Waals surface area contributed by atoms with Crippen molar-refractivity contribution in [3.8, 4) is 46.0 Å². The summed E-state index contributed by atoms with van der Waals surface area (Å²) >= 11 is 0. The van der Waals surface area contributed by atoms with E-state index >= 15 is 0 Å². The Balaban J connectivity index is 1.08. The van der Waals surface area contributed by atoms with E-state index in [2.05, 4.69) is 144 Å². The van der Waals surface area contributed by atoms with E-state index in [1.807, 2.05) is 64.1 Å². The van der Waals surface area contributed by atoms with E-state index in [4.69, 9.17) is 0 Å². The Morgan fingerprint density at radius 3 is 0.898 bits per heavy atom. The molecule has 0 bridgehead atoms. The summed E-state index contributed by atoms with van der Waals surface area (Å²) in [6.07, 6.45) is 16.5. The molecule has 3 aliphatic rings. The summed E-state index contributed by atoms with van der Waals surface area (Å²) in [5, 5.41) is 97.0. The van der Waals surface area contributed by atoms with E-state index in [1.54, 1.807) is 12.1 Å². The summed E-state index contributed by atoms with van der Waals surface area (Å²) in [6.45, 7) is 33.3. The molecule has 8 N–H and O–H groups in total. The lowest BCUT2D eigenvalue weighted by atomic mass is 9.63. The Kier molecular flexibility index (Phi) is 19.9. The predicted octanol–water partition coefficient (Wildman–Crippen LogP) is 22.6. The third-order valence-corrected chi connectivity index (χ3v) is 22.9. The Hall–Kier alpha value is -7.84. The number of rotatable bonds is 14. The summed E-state index contributed by atoms with van der Waals surface area (Å²) in [5.74, 6) is 1.26. The molecule has 0 aliphatic heterocycles. The lowest BCUT2D eigenvalue weighted by Crippen LogP contribution is -2.31. The van der Waals surface area contributed by atoms with Crippen molar-refractivity contribution >= 4 is 0 Å². The third kappa shape index (κ3) is 14.3. The van der Waals surface area contributed by atoms with Crippen LogP contribution in [-0.4, -0.2) is 40.9 Å². The van der Waals surface area contributed by atoms with Gasteiger partial charge in [0.05, 0.1) is 0 Å². The molecule has 8 aromatic rings. The normalized spacial score (nSPS) is 16.1. The molecule has 8 aromatic carbocycles. The maximum atomic E-state index is 13.1. The van der Waals surface area contributed by atoms with Crippen molar-refractivity contribution in [3.05, 3.63) is 232 Å². The number of phenolic OH excluding ortho intramolecular Hbond substituents is 8. The first-order chi connectivity index (χ1) is 46.0. The average Bonchev–Trinajstić information content (AvgIpc) is 0.754. The zero-order valence-corrected chi connectivity index (χ0v) is 61.8. The van der Waals surface area contributed by atoms with Gasteiger partial charge < -0.3 is 40.9 Å². The van der Waals surface area contributed by atoms with Crippen molar-refractivity contribution in [2.75, 3.05) is 0 Å². The second-order valence-corrected chi connectivity index (χ2v) is 34.4. The van der Waals surface area contributed by atoms with Gasteiger partial charge in [0.15, 0.2) is 0 Å². The first kappa shape index (κ1) is 71.4. The lowest BCUT2D eigenvalue weighted by Gasteiger charge is -2.41. The summed E-state index contributed by atoms with van der Waals surface area (Å²) < 4.78 is 0. The standard InChI is InChI=1S/C90H112O8/c1-52-36-78(93)72(86(5,6)7)48-64(52)82(65-49-73(87(8,9)10)79(94)37-53(65)2)70-42-56(30-32-76(70)91)40-60-44-62(46-68(84(60)97)58-26-20-17-21-27-58)90(34-24-19-25-35-90)63-45-61(85(98)69(47-63)59-28-22-18-23-29-59)41-57-31-33-77(92)71(43-57)83(66-50-74(88(11,12)13)80(95)38-54(66)3)67-51-75(89(14,15)16)81(96)39-55(67)4/h30-33,36-39,42-51,58-59,82-83,91-98H,17-29,34-35,40-41H2,1-16H3. The van der Waals surface area contributed by atoms with Crippen LogP contribution in [0.25, 0.3) is 0 Å². The second kappa shape index (κ2) is 27.4. The molecule has 0 radical (unpaired) electrons. The van der Waals surface area contributed by atoms with Gasteiger partial charge in [-0.2, -0.15) is 0 Å². The SMILES string of the molecule is Cc1cc(O)c(C(C)(C)C)cc1C(c1cc(C(C)(C)C)c(O)cc1C)c1cc(Cc2cc(C3(c4cc(Cc5ccc(O)c(C(c6cc(C(C)(C)C)c(O)cc6C)c6cc(C(C)(C)C)c(O)cc6C)c5)c(O)c(C5CCCCC5)c4)CCCCC3)cc(C3CCCCC3)c2O)ccc1O. The van der Waals surface area contributed by atoms with Crippen molar-refractivity contribution in [2.24, 2.45) is 0 Å². The molecule has 0 unspecified atom stereocenters. The van der Waals surface area contributed by atoms with E-state index in [0.717, 1.165) is 184 Å². The monoisotopic (exact) mass is 1320 g/mol. The van der Waals surface area contributed by atoms with Crippen molar-refractivity contribution in [1.29, 1.82) is 0 Å². The summed E-state index contributed by atoms with van der Waals surface area (Å²) in [6, 6.07) is 37.1. The quantitative estimate of drug-likeness (QED) is 0.0499. The molecular formula is C90H112O8. The minimum absolute atomic E-state index is 0.139. The molecule has 8 nitrogen and oxygen atoms in total. The van der Waals surface area contributed by atoms with Crippen LogP contribution in [0, 0.1) is 27.7 Å². The zero-order chi connectivity index (χ0) is 70.9. The molecule has 98 heavy (non-hydrogen) atoms. The molecule has 0 heterocycles. The Labute approximate surface area is 585 Å². The molecule has 3 saturated carbocycles. The molecule has 0 aromatic heterocycles. The minimum atomic E-state index is -0.492. The number of benzene rings is 8. The first-order valence-corrected chi connectivity index (χ1v) is 36.8. The maximum absolute atomic E-state index is 13.1. The van der Waals surface area contributed by atoms with Crippen LogP contribution < -0.4 is 0 Å².